The van der Waals surface area contributed by atoms with Gasteiger partial charge in [-0.1, -0.05) is 34.1 Å². The van der Waals surface area contributed by atoms with Crippen LogP contribution in [0.2, 0.25) is 0 Å². The zero-order valence-corrected chi connectivity index (χ0v) is 19.6. The first kappa shape index (κ1) is 22.7. The van der Waals surface area contributed by atoms with Gasteiger partial charge in [0.2, 0.25) is 0 Å². The molecular formula is C25H27BrN2O3. The molecule has 0 saturated heterocycles. The normalized spacial score (nSPS) is 10.5. The van der Waals surface area contributed by atoms with Crippen molar-refractivity contribution in [3.63, 3.8) is 0 Å². The van der Waals surface area contributed by atoms with Gasteiger partial charge in [-0.25, -0.2) is 0 Å². The molecule has 0 bridgehead atoms. The highest BCUT2D eigenvalue weighted by Gasteiger charge is 2.10. The van der Waals surface area contributed by atoms with Crippen molar-refractivity contribution in [2.75, 3.05) is 23.8 Å². The molecule has 31 heavy (non-hydrogen) atoms. The van der Waals surface area contributed by atoms with Crippen LogP contribution in [0.5, 0.6) is 11.5 Å². The Morgan fingerprint density at radius 3 is 2.55 bits per heavy atom. The molecule has 0 saturated carbocycles. The van der Waals surface area contributed by atoms with Crippen LogP contribution in [0.3, 0.4) is 0 Å². The second-order valence-corrected chi connectivity index (χ2v) is 8.15. The van der Waals surface area contributed by atoms with E-state index in [1.165, 1.54) is 5.56 Å². The molecule has 2 N–H and O–H groups in total. The summed E-state index contributed by atoms with van der Waals surface area (Å²) >= 11 is 3.49. The largest absolute Gasteiger partial charge is 0.490 e. The number of hydrogen-bond donors (Lipinski definition) is 2. The molecule has 0 aromatic heterocycles. The number of halogens is 1. The van der Waals surface area contributed by atoms with Crippen LogP contribution in [0.15, 0.2) is 65.1 Å². The molecule has 0 heterocycles. The first-order chi connectivity index (χ1) is 14.9. The molecule has 0 unspecified atom stereocenters. The zero-order valence-electron chi connectivity index (χ0n) is 18.0. The van der Waals surface area contributed by atoms with Gasteiger partial charge in [0.15, 0.2) is 18.1 Å². The first-order valence-electron chi connectivity index (χ1n) is 10.2. The third kappa shape index (κ3) is 6.76. The number of benzene rings is 3. The van der Waals surface area contributed by atoms with Crippen molar-refractivity contribution in [1.82, 2.24) is 0 Å². The van der Waals surface area contributed by atoms with Crippen molar-refractivity contribution in [3.05, 3.63) is 81.8 Å². The second kappa shape index (κ2) is 10.9. The second-order valence-electron chi connectivity index (χ2n) is 7.23. The van der Waals surface area contributed by atoms with E-state index in [2.05, 4.69) is 39.6 Å². The van der Waals surface area contributed by atoms with Crippen LogP contribution in [-0.4, -0.2) is 19.1 Å². The predicted octanol–water partition coefficient (Wildman–Crippen LogP) is 6.09. The molecule has 3 aromatic rings. The minimum absolute atomic E-state index is 0.0936. The van der Waals surface area contributed by atoms with E-state index in [0.717, 1.165) is 27.0 Å². The summed E-state index contributed by atoms with van der Waals surface area (Å²) in [7, 11) is 0. The molecule has 0 aliphatic carbocycles. The smallest absolute Gasteiger partial charge is 0.262 e. The number of anilines is 2. The van der Waals surface area contributed by atoms with Crippen molar-refractivity contribution < 1.29 is 14.3 Å². The minimum atomic E-state index is -0.218. The number of aryl methyl sites for hydroxylation is 2. The predicted molar refractivity (Wildman–Crippen MR) is 129 cm³/mol. The van der Waals surface area contributed by atoms with Crippen LogP contribution in [-0.2, 0) is 11.3 Å². The summed E-state index contributed by atoms with van der Waals surface area (Å²) in [6.45, 7) is 7.03. The summed E-state index contributed by atoms with van der Waals surface area (Å²) in [4.78, 5) is 12.3. The van der Waals surface area contributed by atoms with Gasteiger partial charge in [-0.3, -0.25) is 4.79 Å². The van der Waals surface area contributed by atoms with Gasteiger partial charge < -0.3 is 20.1 Å². The van der Waals surface area contributed by atoms with Crippen LogP contribution in [0, 0.1) is 13.8 Å². The molecule has 5 nitrogen and oxygen atoms in total. The van der Waals surface area contributed by atoms with Gasteiger partial charge in [0.25, 0.3) is 5.91 Å². The summed E-state index contributed by atoms with van der Waals surface area (Å²) in [5.41, 5.74) is 5.14. The van der Waals surface area contributed by atoms with Gasteiger partial charge >= 0.3 is 0 Å². The fourth-order valence-corrected chi connectivity index (χ4v) is 3.61. The Labute approximate surface area is 191 Å². The molecule has 0 aliphatic heterocycles. The Kier molecular flexibility index (Phi) is 7.95. The molecule has 6 heteroatoms. The lowest BCUT2D eigenvalue weighted by molar-refractivity contribution is -0.118. The number of amides is 1. The van der Waals surface area contributed by atoms with Crippen LogP contribution < -0.4 is 20.1 Å². The maximum atomic E-state index is 12.3. The first-order valence-corrected chi connectivity index (χ1v) is 11.0. The SMILES string of the molecule is CCOc1cc(CNc2ccc(Br)cc2C)ccc1OCC(=O)Nc1cccc(C)c1. The average molecular weight is 483 g/mol. The van der Waals surface area contributed by atoms with Crippen LogP contribution in [0.4, 0.5) is 11.4 Å². The summed E-state index contributed by atoms with van der Waals surface area (Å²) in [5, 5.41) is 6.29. The molecular weight excluding hydrogens is 456 g/mol. The number of nitrogens with one attached hydrogen (secondary N) is 2. The van der Waals surface area contributed by atoms with E-state index >= 15 is 0 Å². The topological polar surface area (TPSA) is 59.6 Å². The van der Waals surface area contributed by atoms with Crippen molar-refractivity contribution in [2.45, 2.75) is 27.3 Å². The van der Waals surface area contributed by atoms with Crippen molar-refractivity contribution in [3.8, 4) is 11.5 Å². The molecule has 0 fully saturated rings. The lowest BCUT2D eigenvalue weighted by atomic mass is 10.1. The maximum absolute atomic E-state index is 12.3. The zero-order chi connectivity index (χ0) is 22.2. The summed E-state index contributed by atoms with van der Waals surface area (Å²) < 4.78 is 12.5. The summed E-state index contributed by atoms with van der Waals surface area (Å²) in [5.74, 6) is 0.951. The number of ether oxygens (including phenoxy) is 2. The molecule has 0 radical (unpaired) electrons. The van der Waals surface area contributed by atoms with Crippen molar-refractivity contribution in [2.24, 2.45) is 0 Å². The van der Waals surface area contributed by atoms with E-state index in [0.29, 0.717) is 24.7 Å². The number of rotatable bonds is 9. The van der Waals surface area contributed by atoms with Gasteiger partial charge in [-0.2, -0.15) is 0 Å². The third-order valence-electron chi connectivity index (χ3n) is 4.64. The number of carbonyl (C=O) groups excluding carboxylic acids is 1. The molecule has 3 aromatic carbocycles. The lowest BCUT2D eigenvalue weighted by Gasteiger charge is -2.15. The fraction of sp³-hybridized carbons (Fsp3) is 0.240. The number of carbonyl (C=O) groups is 1. The molecule has 3 rings (SSSR count). The average Bonchev–Trinajstić information content (AvgIpc) is 2.73. The van der Waals surface area contributed by atoms with Gasteiger partial charge in [0, 0.05) is 22.4 Å². The Hall–Kier alpha value is -2.99. The minimum Gasteiger partial charge on any atom is -0.490 e. The standard InChI is InChI=1S/C25H27BrN2O3/c1-4-30-24-14-19(15-27-22-10-9-20(26)13-18(22)3)8-11-23(24)31-16-25(29)28-21-7-5-6-17(2)12-21/h5-14,27H,4,15-16H2,1-3H3,(H,28,29). The molecule has 1 amide bonds. The highest BCUT2D eigenvalue weighted by atomic mass is 79.9. The van der Waals surface area contributed by atoms with Crippen LogP contribution >= 0.6 is 15.9 Å². The summed E-state index contributed by atoms with van der Waals surface area (Å²) in [6, 6.07) is 19.5. The lowest BCUT2D eigenvalue weighted by Crippen LogP contribution is -2.20. The number of hydrogen-bond acceptors (Lipinski definition) is 4. The Morgan fingerprint density at radius 1 is 0.968 bits per heavy atom. The van der Waals surface area contributed by atoms with Crippen LogP contribution in [0.1, 0.15) is 23.6 Å². The molecule has 0 aliphatic rings. The monoisotopic (exact) mass is 482 g/mol. The van der Waals surface area contributed by atoms with E-state index < -0.39 is 0 Å². The van der Waals surface area contributed by atoms with Gasteiger partial charge in [-0.05, 0) is 79.9 Å². The Bertz CT molecular complexity index is 1050. The third-order valence-corrected chi connectivity index (χ3v) is 5.13. The fourth-order valence-electron chi connectivity index (χ4n) is 3.14. The van der Waals surface area contributed by atoms with E-state index in [4.69, 9.17) is 9.47 Å². The summed E-state index contributed by atoms with van der Waals surface area (Å²) in [6.07, 6.45) is 0. The van der Waals surface area contributed by atoms with Crippen molar-refractivity contribution >= 4 is 33.2 Å². The quantitative estimate of drug-likeness (QED) is 0.387. The van der Waals surface area contributed by atoms with Crippen LogP contribution in [0.25, 0.3) is 0 Å². The Morgan fingerprint density at radius 2 is 1.81 bits per heavy atom. The van der Waals surface area contributed by atoms with E-state index in [-0.39, 0.29) is 12.5 Å². The van der Waals surface area contributed by atoms with E-state index in [1.54, 1.807) is 0 Å². The molecule has 0 atom stereocenters. The van der Waals surface area contributed by atoms with Crippen molar-refractivity contribution in [1.29, 1.82) is 0 Å². The van der Waals surface area contributed by atoms with E-state index in [9.17, 15) is 4.79 Å². The van der Waals surface area contributed by atoms with Gasteiger partial charge in [0.05, 0.1) is 6.61 Å². The van der Waals surface area contributed by atoms with Gasteiger partial charge in [0.1, 0.15) is 0 Å². The molecule has 0 spiro atoms. The van der Waals surface area contributed by atoms with Gasteiger partial charge in [-0.15, -0.1) is 0 Å². The molecule has 162 valence electrons. The highest BCUT2D eigenvalue weighted by Crippen LogP contribution is 2.29. The van der Waals surface area contributed by atoms with E-state index in [1.807, 2.05) is 68.4 Å². The highest BCUT2D eigenvalue weighted by molar-refractivity contribution is 9.10. The Balaban J connectivity index is 1.62. The maximum Gasteiger partial charge on any atom is 0.262 e.